The summed E-state index contributed by atoms with van der Waals surface area (Å²) in [6, 6.07) is 16.7. The minimum atomic E-state index is 0.0247. The van der Waals surface area contributed by atoms with Crippen LogP contribution in [0, 0.1) is 0 Å². The first-order valence-electron chi connectivity index (χ1n) is 8.43. The van der Waals surface area contributed by atoms with Gasteiger partial charge in [-0.15, -0.1) is 0 Å². The molecule has 0 N–H and O–H groups in total. The molecule has 0 saturated carbocycles. The monoisotopic (exact) mass is 364 g/mol. The van der Waals surface area contributed by atoms with Gasteiger partial charge in [-0.25, -0.2) is 0 Å². The lowest BCUT2D eigenvalue weighted by Gasteiger charge is -2.28. The quantitative estimate of drug-likeness (QED) is 0.672. The van der Waals surface area contributed by atoms with E-state index in [0.29, 0.717) is 35.2 Å². The van der Waals surface area contributed by atoms with Crippen LogP contribution in [0.2, 0.25) is 5.02 Å². The molecule has 0 radical (unpaired) electrons. The second-order valence-corrected chi connectivity index (χ2v) is 6.65. The van der Waals surface area contributed by atoms with Crippen molar-refractivity contribution in [1.82, 2.24) is 9.88 Å². The molecule has 0 saturated heterocycles. The topological polar surface area (TPSA) is 42.4 Å². The van der Waals surface area contributed by atoms with E-state index in [2.05, 4.69) is 4.98 Å². The summed E-state index contributed by atoms with van der Waals surface area (Å²) in [4.78, 5) is 18.9. The number of nitrogens with zero attached hydrogens (tertiary/aromatic N) is 2. The standard InChI is InChI=1S/C21H17ClN2O2/c22-17-4-7-18(8-5-17)26-19-6-3-16-9-11-24(21(25)20(16)12-19)14-15-2-1-10-23-13-15/h1-8,10,12-13H,9,11,14H2. The lowest BCUT2D eigenvalue weighted by molar-refractivity contribution is 0.0726. The van der Waals surface area contributed by atoms with E-state index in [0.717, 1.165) is 17.5 Å². The molecule has 0 spiro atoms. The summed E-state index contributed by atoms with van der Waals surface area (Å²) in [5.41, 5.74) is 2.78. The molecule has 0 atom stereocenters. The van der Waals surface area contributed by atoms with E-state index in [1.807, 2.05) is 35.2 Å². The van der Waals surface area contributed by atoms with Crippen LogP contribution in [0.4, 0.5) is 0 Å². The number of rotatable bonds is 4. The van der Waals surface area contributed by atoms with E-state index >= 15 is 0 Å². The average molecular weight is 365 g/mol. The third-order valence-corrected chi connectivity index (χ3v) is 4.65. The number of halogens is 1. The number of fused-ring (bicyclic) bond motifs is 1. The number of pyridine rings is 1. The van der Waals surface area contributed by atoms with Crippen LogP contribution in [-0.4, -0.2) is 22.3 Å². The van der Waals surface area contributed by atoms with Crippen LogP contribution in [0.3, 0.4) is 0 Å². The van der Waals surface area contributed by atoms with E-state index in [-0.39, 0.29) is 5.91 Å². The van der Waals surface area contributed by atoms with Gasteiger partial charge in [0, 0.05) is 36.1 Å². The first-order valence-corrected chi connectivity index (χ1v) is 8.81. The fourth-order valence-corrected chi connectivity index (χ4v) is 3.19. The van der Waals surface area contributed by atoms with Crippen LogP contribution in [0.25, 0.3) is 0 Å². The van der Waals surface area contributed by atoms with Crippen molar-refractivity contribution in [3.8, 4) is 11.5 Å². The molecule has 2 heterocycles. The molecular weight excluding hydrogens is 348 g/mol. The molecule has 26 heavy (non-hydrogen) atoms. The number of benzene rings is 2. The molecule has 4 nitrogen and oxygen atoms in total. The molecule has 1 aliphatic heterocycles. The van der Waals surface area contributed by atoms with Gasteiger partial charge < -0.3 is 9.64 Å². The Morgan fingerprint density at radius 2 is 1.88 bits per heavy atom. The van der Waals surface area contributed by atoms with Gasteiger partial charge in [-0.1, -0.05) is 23.7 Å². The molecule has 0 fully saturated rings. The van der Waals surface area contributed by atoms with Crippen molar-refractivity contribution in [2.24, 2.45) is 0 Å². The normalized spacial score (nSPS) is 13.4. The van der Waals surface area contributed by atoms with Crippen LogP contribution in [-0.2, 0) is 13.0 Å². The van der Waals surface area contributed by atoms with Crippen molar-refractivity contribution < 1.29 is 9.53 Å². The van der Waals surface area contributed by atoms with Crippen LogP contribution < -0.4 is 4.74 Å². The number of aromatic nitrogens is 1. The molecule has 2 aromatic carbocycles. The zero-order chi connectivity index (χ0) is 17.9. The Kier molecular flexibility index (Phi) is 4.59. The summed E-state index contributed by atoms with van der Waals surface area (Å²) >= 11 is 5.90. The Morgan fingerprint density at radius 3 is 2.65 bits per heavy atom. The highest BCUT2D eigenvalue weighted by Crippen LogP contribution is 2.28. The number of carbonyl (C=O) groups is 1. The molecule has 0 bridgehead atoms. The van der Waals surface area contributed by atoms with E-state index in [4.69, 9.17) is 16.3 Å². The van der Waals surface area contributed by atoms with Gasteiger partial charge in [-0.2, -0.15) is 0 Å². The maximum atomic E-state index is 12.9. The SMILES string of the molecule is O=C1c2cc(Oc3ccc(Cl)cc3)ccc2CCN1Cc1cccnc1. The molecule has 1 aromatic heterocycles. The summed E-state index contributed by atoms with van der Waals surface area (Å²) < 4.78 is 5.86. The van der Waals surface area contributed by atoms with Gasteiger partial charge in [-0.3, -0.25) is 9.78 Å². The first-order chi connectivity index (χ1) is 12.7. The highest BCUT2D eigenvalue weighted by molar-refractivity contribution is 6.30. The van der Waals surface area contributed by atoms with Crippen LogP contribution in [0.5, 0.6) is 11.5 Å². The van der Waals surface area contributed by atoms with Gasteiger partial charge in [0.2, 0.25) is 0 Å². The lowest BCUT2D eigenvalue weighted by atomic mass is 9.98. The van der Waals surface area contributed by atoms with Gasteiger partial charge in [0.25, 0.3) is 5.91 Å². The van der Waals surface area contributed by atoms with E-state index in [9.17, 15) is 4.79 Å². The fourth-order valence-electron chi connectivity index (χ4n) is 3.07. The summed E-state index contributed by atoms with van der Waals surface area (Å²) in [6.07, 6.45) is 4.36. The highest BCUT2D eigenvalue weighted by Gasteiger charge is 2.25. The van der Waals surface area contributed by atoms with Crippen LogP contribution in [0.1, 0.15) is 21.5 Å². The molecule has 1 amide bonds. The number of hydrogen-bond donors (Lipinski definition) is 0. The van der Waals surface area contributed by atoms with Crippen LogP contribution >= 0.6 is 11.6 Å². The number of hydrogen-bond acceptors (Lipinski definition) is 3. The maximum absolute atomic E-state index is 12.9. The van der Waals surface area contributed by atoms with E-state index in [1.54, 1.807) is 36.7 Å². The smallest absolute Gasteiger partial charge is 0.254 e. The number of amides is 1. The average Bonchev–Trinajstić information content (AvgIpc) is 2.67. The first kappa shape index (κ1) is 16.6. The zero-order valence-corrected chi connectivity index (χ0v) is 14.8. The highest BCUT2D eigenvalue weighted by atomic mass is 35.5. The minimum Gasteiger partial charge on any atom is -0.457 e. The van der Waals surface area contributed by atoms with Gasteiger partial charge >= 0.3 is 0 Å². The number of carbonyl (C=O) groups excluding carboxylic acids is 1. The van der Waals surface area contributed by atoms with Gasteiger partial charge in [-0.05, 0) is 60.0 Å². The lowest BCUT2D eigenvalue weighted by Crippen LogP contribution is -2.37. The van der Waals surface area contributed by atoms with Crippen molar-refractivity contribution in [3.63, 3.8) is 0 Å². The van der Waals surface area contributed by atoms with Crippen molar-refractivity contribution in [2.75, 3.05) is 6.54 Å². The Labute approximate surface area is 157 Å². The Bertz CT molecular complexity index is 927. The van der Waals surface area contributed by atoms with Crippen molar-refractivity contribution in [1.29, 1.82) is 0 Å². The van der Waals surface area contributed by atoms with Gasteiger partial charge in [0.05, 0.1) is 0 Å². The molecule has 130 valence electrons. The minimum absolute atomic E-state index is 0.0247. The maximum Gasteiger partial charge on any atom is 0.254 e. The second-order valence-electron chi connectivity index (χ2n) is 6.21. The molecule has 3 aromatic rings. The summed E-state index contributed by atoms with van der Waals surface area (Å²) in [6.45, 7) is 1.27. The summed E-state index contributed by atoms with van der Waals surface area (Å²) in [7, 11) is 0. The van der Waals surface area contributed by atoms with Crippen molar-refractivity contribution >= 4 is 17.5 Å². The molecule has 4 rings (SSSR count). The third kappa shape index (κ3) is 3.55. The summed E-state index contributed by atoms with van der Waals surface area (Å²) in [5.74, 6) is 1.35. The predicted octanol–water partition coefficient (Wildman–Crippen LogP) is 4.73. The van der Waals surface area contributed by atoms with Gasteiger partial charge in [0.15, 0.2) is 0 Å². The molecule has 0 aliphatic carbocycles. The molecule has 1 aliphatic rings. The summed E-state index contributed by atoms with van der Waals surface area (Å²) in [5, 5.41) is 0.656. The van der Waals surface area contributed by atoms with Crippen molar-refractivity contribution in [3.05, 3.63) is 88.7 Å². The Hall–Kier alpha value is -2.85. The largest absolute Gasteiger partial charge is 0.457 e. The number of ether oxygens (including phenoxy) is 1. The van der Waals surface area contributed by atoms with E-state index in [1.165, 1.54) is 0 Å². The van der Waals surface area contributed by atoms with Crippen LogP contribution in [0.15, 0.2) is 67.0 Å². The fraction of sp³-hybridized carbons (Fsp3) is 0.143. The molecule has 5 heteroatoms. The Balaban J connectivity index is 1.55. The second kappa shape index (κ2) is 7.18. The third-order valence-electron chi connectivity index (χ3n) is 4.40. The van der Waals surface area contributed by atoms with Gasteiger partial charge in [0.1, 0.15) is 11.5 Å². The molecular formula is C21H17ClN2O2. The van der Waals surface area contributed by atoms with Crippen molar-refractivity contribution in [2.45, 2.75) is 13.0 Å². The predicted molar refractivity (Wildman–Crippen MR) is 101 cm³/mol. The molecule has 0 unspecified atom stereocenters. The Morgan fingerprint density at radius 1 is 1.08 bits per heavy atom. The van der Waals surface area contributed by atoms with E-state index < -0.39 is 0 Å². The zero-order valence-electron chi connectivity index (χ0n) is 14.1.